The fourth-order valence-corrected chi connectivity index (χ4v) is 1.83. The number of amides is 1. The molecule has 0 saturated heterocycles. The lowest BCUT2D eigenvalue weighted by Crippen LogP contribution is -2.30. The third kappa shape index (κ3) is 4.16. The molecule has 1 amide bonds. The molecular weight excluding hydrogens is 272 g/mol. The van der Waals surface area contributed by atoms with Crippen molar-refractivity contribution in [3.05, 3.63) is 36.0 Å². The van der Waals surface area contributed by atoms with Crippen LogP contribution < -0.4 is 5.32 Å². The van der Waals surface area contributed by atoms with Crippen molar-refractivity contribution >= 4 is 5.91 Å². The minimum atomic E-state index is -0.590. The van der Waals surface area contributed by atoms with Gasteiger partial charge in [0.2, 0.25) is 0 Å². The molecule has 0 aromatic carbocycles. The third-order valence-corrected chi connectivity index (χ3v) is 3.08. The number of aliphatic hydroxyl groups excluding tert-OH is 1. The molecule has 7 nitrogen and oxygen atoms in total. The van der Waals surface area contributed by atoms with E-state index in [0.717, 1.165) is 13.0 Å². The molecule has 2 heterocycles. The Kier molecular flexibility index (Phi) is 5.10. The summed E-state index contributed by atoms with van der Waals surface area (Å²) in [5, 5.41) is 19.8. The molecule has 0 aliphatic rings. The second kappa shape index (κ2) is 7.03. The minimum absolute atomic E-state index is 0.226. The number of rotatable bonds is 7. The highest BCUT2D eigenvalue weighted by Gasteiger charge is 2.19. The number of carbonyl (C=O) groups excluding carboxylic acids is 1. The molecule has 0 fully saturated rings. The molecule has 2 aromatic heterocycles. The maximum Gasteiger partial charge on any atom is 0.274 e. The molecule has 0 spiro atoms. The van der Waals surface area contributed by atoms with Crippen molar-refractivity contribution < 1.29 is 14.3 Å². The number of nitrogens with one attached hydrogen (secondary N) is 1. The van der Waals surface area contributed by atoms with E-state index in [1.54, 1.807) is 23.0 Å². The standard InChI is InChI=1S/C14H20N4O3/c1-10(2)5-6-18-8-11(16-17-18)14(20)15-12(9-19)13-4-3-7-21-13/h3-4,7-8,10,12,19H,5-6,9H2,1-2H3,(H,15,20). The van der Waals surface area contributed by atoms with Gasteiger partial charge in [0.15, 0.2) is 5.69 Å². The van der Waals surface area contributed by atoms with E-state index in [9.17, 15) is 9.90 Å². The van der Waals surface area contributed by atoms with Crippen LogP contribution in [0.3, 0.4) is 0 Å². The number of furan rings is 1. The summed E-state index contributed by atoms with van der Waals surface area (Å²) in [5.74, 6) is 0.670. The van der Waals surface area contributed by atoms with Crippen LogP contribution in [0.15, 0.2) is 29.0 Å². The number of aryl methyl sites for hydroxylation is 1. The molecule has 2 rings (SSSR count). The Morgan fingerprint density at radius 3 is 2.95 bits per heavy atom. The van der Waals surface area contributed by atoms with E-state index < -0.39 is 6.04 Å². The first-order valence-corrected chi connectivity index (χ1v) is 6.95. The Bertz CT molecular complexity index is 563. The largest absolute Gasteiger partial charge is 0.467 e. The molecule has 2 aromatic rings. The topological polar surface area (TPSA) is 93.2 Å². The zero-order chi connectivity index (χ0) is 15.2. The van der Waals surface area contributed by atoms with Crippen LogP contribution in [0.2, 0.25) is 0 Å². The average molecular weight is 292 g/mol. The fraction of sp³-hybridized carbons (Fsp3) is 0.500. The van der Waals surface area contributed by atoms with Gasteiger partial charge in [-0.05, 0) is 24.5 Å². The molecule has 7 heteroatoms. The van der Waals surface area contributed by atoms with Crippen molar-refractivity contribution in [2.24, 2.45) is 5.92 Å². The van der Waals surface area contributed by atoms with E-state index in [4.69, 9.17) is 4.42 Å². The molecule has 2 N–H and O–H groups in total. The molecule has 0 aliphatic heterocycles. The smallest absolute Gasteiger partial charge is 0.274 e. The van der Waals surface area contributed by atoms with Crippen molar-refractivity contribution in [3.8, 4) is 0 Å². The zero-order valence-corrected chi connectivity index (χ0v) is 12.2. The van der Waals surface area contributed by atoms with Gasteiger partial charge >= 0.3 is 0 Å². The van der Waals surface area contributed by atoms with Crippen molar-refractivity contribution in [1.29, 1.82) is 0 Å². The van der Waals surface area contributed by atoms with E-state index in [1.165, 1.54) is 6.26 Å². The number of aromatic nitrogens is 3. The van der Waals surface area contributed by atoms with Gasteiger partial charge in [0.25, 0.3) is 5.91 Å². The summed E-state index contributed by atoms with van der Waals surface area (Å²) in [6.07, 6.45) is 4.07. The van der Waals surface area contributed by atoms with Gasteiger partial charge in [0.1, 0.15) is 11.8 Å². The number of hydrogen-bond acceptors (Lipinski definition) is 5. The summed E-state index contributed by atoms with van der Waals surface area (Å²) < 4.78 is 6.83. The zero-order valence-electron chi connectivity index (χ0n) is 12.2. The van der Waals surface area contributed by atoms with Crippen LogP contribution in [0.1, 0.15) is 42.6 Å². The van der Waals surface area contributed by atoms with Crippen molar-refractivity contribution in [1.82, 2.24) is 20.3 Å². The SMILES string of the molecule is CC(C)CCn1cc(C(=O)NC(CO)c2ccco2)nn1. The molecule has 114 valence electrons. The highest BCUT2D eigenvalue weighted by molar-refractivity contribution is 5.92. The molecular formula is C14H20N4O3. The van der Waals surface area contributed by atoms with Crippen LogP contribution in [0.5, 0.6) is 0 Å². The van der Waals surface area contributed by atoms with Crippen LogP contribution in [0.4, 0.5) is 0 Å². The van der Waals surface area contributed by atoms with Gasteiger partial charge in [0, 0.05) is 6.54 Å². The van der Waals surface area contributed by atoms with Gasteiger partial charge < -0.3 is 14.8 Å². The van der Waals surface area contributed by atoms with Crippen molar-refractivity contribution in [2.75, 3.05) is 6.61 Å². The maximum absolute atomic E-state index is 12.1. The van der Waals surface area contributed by atoms with Crippen LogP contribution in [0, 0.1) is 5.92 Å². The lowest BCUT2D eigenvalue weighted by atomic mass is 10.1. The van der Waals surface area contributed by atoms with Crippen molar-refractivity contribution in [2.45, 2.75) is 32.9 Å². The van der Waals surface area contributed by atoms with E-state index in [-0.39, 0.29) is 18.2 Å². The van der Waals surface area contributed by atoms with E-state index >= 15 is 0 Å². The van der Waals surface area contributed by atoms with E-state index in [0.29, 0.717) is 11.7 Å². The Morgan fingerprint density at radius 2 is 2.33 bits per heavy atom. The summed E-state index contributed by atoms with van der Waals surface area (Å²) in [5.41, 5.74) is 0.226. The van der Waals surface area contributed by atoms with E-state index in [2.05, 4.69) is 29.5 Å². The van der Waals surface area contributed by atoms with Crippen LogP contribution >= 0.6 is 0 Å². The Labute approximate surface area is 123 Å². The third-order valence-electron chi connectivity index (χ3n) is 3.08. The quantitative estimate of drug-likeness (QED) is 0.804. The Morgan fingerprint density at radius 1 is 1.52 bits per heavy atom. The number of nitrogens with zero attached hydrogens (tertiary/aromatic N) is 3. The normalized spacial score (nSPS) is 12.6. The predicted molar refractivity (Wildman–Crippen MR) is 75.5 cm³/mol. The van der Waals surface area contributed by atoms with Gasteiger partial charge in [-0.2, -0.15) is 0 Å². The van der Waals surface area contributed by atoms with Crippen LogP contribution in [0.25, 0.3) is 0 Å². The summed E-state index contributed by atoms with van der Waals surface area (Å²) in [6.45, 7) is 4.72. The van der Waals surface area contributed by atoms with Gasteiger partial charge in [-0.3, -0.25) is 9.48 Å². The molecule has 1 unspecified atom stereocenters. The second-order valence-corrected chi connectivity index (χ2v) is 5.27. The van der Waals surface area contributed by atoms with Gasteiger partial charge in [-0.1, -0.05) is 19.1 Å². The molecule has 0 bridgehead atoms. The van der Waals surface area contributed by atoms with Gasteiger partial charge in [-0.15, -0.1) is 5.10 Å². The first-order chi connectivity index (χ1) is 10.1. The van der Waals surface area contributed by atoms with E-state index in [1.807, 2.05) is 0 Å². The second-order valence-electron chi connectivity index (χ2n) is 5.27. The molecule has 0 radical (unpaired) electrons. The molecule has 1 atom stereocenters. The lowest BCUT2D eigenvalue weighted by molar-refractivity contribution is 0.0902. The molecule has 0 saturated carbocycles. The summed E-state index contributed by atoms with van der Waals surface area (Å²) in [4.78, 5) is 12.1. The number of carbonyl (C=O) groups is 1. The van der Waals surface area contributed by atoms with Gasteiger partial charge in [0.05, 0.1) is 19.1 Å². The molecule has 0 aliphatic carbocycles. The Hall–Kier alpha value is -2.15. The minimum Gasteiger partial charge on any atom is -0.467 e. The summed E-state index contributed by atoms with van der Waals surface area (Å²) >= 11 is 0. The van der Waals surface area contributed by atoms with Gasteiger partial charge in [-0.25, -0.2) is 0 Å². The lowest BCUT2D eigenvalue weighted by Gasteiger charge is -2.12. The van der Waals surface area contributed by atoms with Crippen LogP contribution in [-0.4, -0.2) is 32.6 Å². The first kappa shape index (κ1) is 15.2. The molecule has 21 heavy (non-hydrogen) atoms. The van der Waals surface area contributed by atoms with Crippen molar-refractivity contribution in [3.63, 3.8) is 0 Å². The Balaban J connectivity index is 1.96. The fourth-order valence-electron chi connectivity index (χ4n) is 1.83. The average Bonchev–Trinajstić information content (AvgIpc) is 3.13. The number of aliphatic hydroxyl groups is 1. The summed E-state index contributed by atoms with van der Waals surface area (Å²) in [7, 11) is 0. The monoisotopic (exact) mass is 292 g/mol. The number of hydrogen-bond donors (Lipinski definition) is 2. The highest BCUT2D eigenvalue weighted by Crippen LogP contribution is 2.13. The maximum atomic E-state index is 12.1. The van der Waals surface area contributed by atoms with Crippen LogP contribution in [-0.2, 0) is 6.54 Å². The first-order valence-electron chi connectivity index (χ1n) is 6.95. The predicted octanol–water partition coefficient (Wildman–Crippen LogP) is 1.38. The summed E-state index contributed by atoms with van der Waals surface area (Å²) in [6, 6.07) is 2.81. The highest BCUT2D eigenvalue weighted by atomic mass is 16.3.